The molecule has 0 bridgehead atoms. The Bertz CT molecular complexity index is 1230. The van der Waals surface area contributed by atoms with Crippen LogP contribution < -0.4 is 0 Å². The second kappa shape index (κ2) is 7.42. The Morgan fingerprint density at radius 3 is 2.71 bits per heavy atom. The van der Waals surface area contributed by atoms with Crippen molar-refractivity contribution in [1.82, 2.24) is 9.97 Å². The minimum Gasteiger partial charge on any atom is -0.338 e. The highest BCUT2D eigenvalue weighted by atomic mass is 35.5. The molecule has 0 aliphatic carbocycles. The number of non-ortho nitro benzene ring substituents is 1. The first kappa shape index (κ1) is 18.2. The average Bonchev–Trinajstić information content (AvgIpc) is 3.09. The molecular weight excluding hydrogens is 399 g/mol. The predicted molar refractivity (Wildman–Crippen MR) is 112 cm³/mol. The van der Waals surface area contributed by atoms with Gasteiger partial charge in [0.2, 0.25) is 0 Å². The molecule has 0 spiro atoms. The average molecular weight is 411 g/mol. The number of aromatic amines is 1. The number of aliphatic imine (C=N–C) groups is 1. The van der Waals surface area contributed by atoms with Crippen LogP contribution in [0.1, 0.15) is 5.56 Å². The molecule has 0 amide bonds. The maximum absolute atomic E-state index is 10.9. The summed E-state index contributed by atoms with van der Waals surface area (Å²) in [5, 5.41) is 11.9. The molecule has 0 aliphatic rings. The molecule has 1 heterocycles. The van der Waals surface area contributed by atoms with E-state index in [1.807, 2.05) is 24.3 Å². The Morgan fingerprint density at radius 1 is 1.07 bits per heavy atom. The fourth-order valence-corrected chi connectivity index (χ4v) is 3.25. The van der Waals surface area contributed by atoms with E-state index in [0.29, 0.717) is 27.1 Å². The van der Waals surface area contributed by atoms with E-state index < -0.39 is 4.92 Å². The number of H-pyrrole nitrogens is 1. The van der Waals surface area contributed by atoms with Crippen LogP contribution in [0.5, 0.6) is 0 Å². The van der Waals surface area contributed by atoms with Crippen molar-refractivity contribution in [3.8, 4) is 11.4 Å². The monoisotopic (exact) mass is 410 g/mol. The molecule has 1 N–H and O–H groups in total. The molecular formula is C20H12Cl2N4O2. The number of halogens is 2. The Hall–Kier alpha value is -3.22. The third-order valence-electron chi connectivity index (χ3n) is 4.10. The van der Waals surface area contributed by atoms with Crippen LogP contribution in [0, 0.1) is 10.1 Å². The second-order valence-electron chi connectivity index (χ2n) is 6.02. The number of nitrogens with zero attached hydrogens (tertiary/aromatic N) is 3. The van der Waals surface area contributed by atoms with Gasteiger partial charge < -0.3 is 4.98 Å². The molecule has 1 aromatic heterocycles. The van der Waals surface area contributed by atoms with E-state index in [4.69, 9.17) is 23.2 Å². The number of imidazole rings is 1. The van der Waals surface area contributed by atoms with Gasteiger partial charge in [0.25, 0.3) is 5.69 Å². The molecule has 138 valence electrons. The van der Waals surface area contributed by atoms with Gasteiger partial charge in [0.1, 0.15) is 5.82 Å². The second-order valence-corrected chi connectivity index (χ2v) is 6.86. The molecule has 0 atom stereocenters. The Kier molecular flexibility index (Phi) is 4.81. The van der Waals surface area contributed by atoms with Gasteiger partial charge in [-0.3, -0.25) is 15.1 Å². The zero-order valence-electron chi connectivity index (χ0n) is 14.3. The maximum Gasteiger partial charge on any atom is 0.270 e. The van der Waals surface area contributed by atoms with Crippen LogP contribution in [0.2, 0.25) is 10.0 Å². The van der Waals surface area contributed by atoms with E-state index in [9.17, 15) is 10.1 Å². The standard InChI is InChI=1S/C20H12Cl2N4O2/c21-13-4-6-16(17(22)9-13)20-24-18-7-5-14(10-19(18)25-20)23-11-12-2-1-3-15(8-12)26(27)28/h1-11H,(H,24,25). The molecule has 0 saturated heterocycles. The number of aromatic nitrogens is 2. The van der Waals surface area contributed by atoms with Crippen molar-refractivity contribution in [3.05, 3.63) is 86.4 Å². The van der Waals surface area contributed by atoms with Crippen molar-refractivity contribution in [2.75, 3.05) is 0 Å². The van der Waals surface area contributed by atoms with E-state index in [1.54, 1.807) is 30.5 Å². The number of nitro benzene ring substituents is 1. The lowest BCUT2D eigenvalue weighted by Gasteiger charge is -2.00. The van der Waals surface area contributed by atoms with Gasteiger partial charge in [0.15, 0.2) is 0 Å². The van der Waals surface area contributed by atoms with Gasteiger partial charge in [-0.15, -0.1) is 0 Å². The molecule has 28 heavy (non-hydrogen) atoms. The number of nitrogens with one attached hydrogen (secondary N) is 1. The number of nitro groups is 1. The molecule has 0 aliphatic heterocycles. The molecule has 3 aromatic carbocycles. The normalized spacial score (nSPS) is 11.4. The number of hydrogen-bond donors (Lipinski definition) is 1. The van der Waals surface area contributed by atoms with Crippen LogP contribution in [-0.2, 0) is 0 Å². The van der Waals surface area contributed by atoms with Crippen LogP contribution in [0.25, 0.3) is 22.4 Å². The number of fused-ring (bicyclic) bond motifs is 1. The summed E-state index contributed by atoms with van der Waals surface area (Å²) in [6.07, 6.45) is 1.58. The lowest BCUT2D eigenvalue weighted by atomic mass is 10.2. The van der Waals surface area contributed by atoms with Crippen LogP contribution in [0.3, 0.4) is 0 Å². The van der Waals surface area contributed by atoms with Gasteiger partial charge in [-0.2, -0.15) is 0 Å². The quantitative estimate of drug-likeness (QED) is 0.247. The minimum atomic E-state index is -0.433. The molecule has 4 rings (SSSR count). The number of rotatable bonds is 4. The first-order valence-corrected chi connectivity index (χ1v) is 8.99. The van der Waals surface area contributed by atoms with E-state index in [0.717, 1.165) is 16.6 Å². The molecule has 0 fully saturated rings. The highest BCUT2D eigenvalue weighted by molar-refractivity contribution is 6.36. The van der Waals surface area contributed by atoms with Crippen LogP contribution in [0.4, 0.5) is 11.4 Å². The van der Waals surface area contributed by atoms with Gasteiger partial charge in [-0.25, -0.2) is 4.98 Å². The topological polar surface area (TPSA) is 84.2 Å². The van der Waals surface area contributed by atoms with Crippen LogP contribution in [0.15, 0.2) is 65.7 Å². The summed E-state index contributed by atoms with van der Waals surface area (Å²) >= 11 is 12.2. The maximum atomic E-state index is 10.9. The molecule has 0 saturated carbocycles. The van der Waals surface area contributed by atoms with Gasteiger partial charge in [-0.05, 0) is 42.0 Å². The Balaban J connectivity index is 1.65. The van der Waals surface area contributed by atoms with Crippen molar-refractivity contribution in [1.29, 1.82) is 0 Å². The molecule has 4 aromatic rings. The third kappa shape index (κ3) is 3.74. The summed E-state index contributed by atoms with van der Waals surface area (Å²) in [5.41, 5.74) is 3.69. The van der Waals surface area contributed by atoms with Crippen LogP contribution >= 0.6 is 23.2 Å². The van der Waals surface area contributed by atoms with Gasteiger partial charge in [-0.1, -0.05) is 35.3 Å². The molecule has 0 radical (unpaired) electrons. The lowest BCUT2D eigenvalue weighted by molar-refractivity contribution is -0.384. The fraction of sp³-hybridized carbons (Fsp3) is 0. The van der Waals surface area contributed by atoms with Crippen LogP contribution in [-0.4, -0.2) is 21.1 Å². The predicted octanol–water partition coefficient (Wildman–Crippen LogP) is 6.20. The summed E-state index contributed by atoms with van der Waals surface area (Å²) in [4.78, 5) is 22.6. The Labute approximate surface area is 169 Å². The molecule has 8 heteroatoms. The fourth-order valence-electron chi connectivity index (χ4n) is 2.75. The van der Waals surface area contributed by atoms with Crippen molar-refractivity contribution >= 4 is 51.8 Å². The van der Waals surface area contributed by atoms with Crippen molar-refractivity contribution in [2.45, 2.75) is 0 Å². The molecule has 6 nitrogen and oxygen atoms in total. The zero-order chi connectivity index (χ0) is 19.7. The highest BCUT2D eigenvalue weighted by Gasteiger charge is 2.10. The summed E-state index contributed by atoms with van der Waals surface area (Å²) < 4.78 is 0. The summed E-state index contributed by atoms with van der Waals surface area (Å²) in [6, 6.07) is 17.0. The van der Waals surface area contributed by atoms with E-state index in [2.05, 4.69) is 15.0 Å². The van der Waals surface area contributed by atoms with E-state index >= 15 is 0 Å². The third-order valence-corrected chi connectivity index (χ3v) is 4.64. The zero-order valence-corrected chi connectivity index (χ0v) is 15.8. The SMILES string of the molecule is O=[N+]([O-])c1cccc(C=Nc2ccc3nc(-c4ccc(Cl)cc4Cl)[nH]c3c2)c1. The van der Waals surface area contributed by atoms with E-state index in [1.165, 1.54) is 12.1 Å². The summed E-state index contributed by atoms with van der Waals surface area (Å²) in [6.45, 7) is 0. The highest BCUT2D eigenvalue weighted by Crippen LogP contribution is 2.30. The van der Waals surface area contributed by atoms with Gasteiger partial charge >= 0.3 is 0 Å². The number of benzene rings is 3. The van der Waals surface area contributed by atoms with Gasteiger partial charge in [0.05, 0.1) is 26.7 Å². The number of hydrogen-bond acceptors (Lipinski definition) is 4. The lowest BCUT2D eigenvalue weighted by Crippen LogP contribution is -1.89. The van der Waals surface area contributed by atoms with Crippen molar-refractivity contribution in [2.24, 2.45) is 4.99 Å². The van der Waals surface area contributed by atoms with Crippen molar-refractivity contribution < 1.29 is 4.92 Å². The van der Waals surface area contributed by atoms with Crippen molar-refractivity contribution in [3.63, 3.8) is 0 Å². The van der Waals surface area contributed by atoms with E-state index in [-0.39, 0.29) is 5.69 Å². The summed E-state index contributed by atoms with van der Waals surface area (Å²) in [7, 11) is 0. The Morgan fingerprint density at radius 2 is 1.93 bits per heavy atom. The van der Waals surface area contributed by atoms with Gasteiger partial charge in [0, 0.05) is 28.9 Å². The minimum absolute atomic E-state index is 0.0254. The summed E-state index contributed by atoms with van der Waals surface area (Å²) in [5.74, 6) is 0.636. The first-order chi connectivity index (χ1) is 13.5. The first-order valence-electron chi connectivity index (χ1n) is 8.23. The largest absolute Gasteiger partial charge is 0.338 e. The smallest absolute Gasteiger partial charge is 0.270 e. The molecule has 0 unspecified atom stereocenters.